The van der Waals surface area contributed by atoms with Gasteiger partial charge in [0.25, 0.3) is 0 Å². The molecule has 6 heteroatoms. The lowest BCUT2D eigenvalue weighted by molar-refractivity contribution is -0.157. The second-order valence-corrected chi connectivity index (χ2v) is 1.85. The molecule has 0 aliphatic carbocycles. The van der Waals surface area contributed by atoms with E-state index in [0.717, 1.165) is 0 Å². The van der Waals surface area contributed by atoms with Crippen molar-refractivity contribution in [3.63, 3.8) is 0 Å². The molecule has 0 unspecified atom stereocenters. The third-order valence-corrected chi connectivity index (χ3v) is 1.01. The van der Waals surface area contributed by atoms with E-state index >= 15 is 0 Å². The molecule has 1 aromatic rings. The molecule has 0 fully saturated rings. The Labute approximate surface area is 60.2 Å². The van der Waals surface area contributed by atoms with Crippen LogP contribution in [0.2, 0.25) is 0 Å². The van der Waals surface area contributed by atoms with Crippen molar-refractivity contribution in [1.82, 2.24) is 10.2 Å². The zero-order valence-corrected chi connectivity index (χ0v) is 5.64. The molecule has 0 aromatic carbocycles. The highest BCUT2D eigenvalue weighted by molar-refractivity contribution is 4.85. The Bertz CT molecular complexity index is 242. The predicted molar refractivity (Wildman–Crippen MR) is 28.7 cm³/mol. The van der Waals surface area contributed by atoms with E-state index in [9.17, 15) is 13.2 Å². The van der Waals surface area contributed by atoms with Crippen LogP contribution in [0.15, 0.2) is 4.42 Å². The molecule has 0 saturated heterocycles. The van der Waals surface area contributed by atoms with E-state index in [-0.39, 0.29) is 5.89 Å². The van der Waals surface area contributed by atoms with Gasteiger partial charge in [-0.25, -0.2) is 0 Å². The van der Waals surface area contributed by atoms with Crippen molar-refractivity contribution in [2.45, 2.75) is 19.5 Å². The summed E-state index contributed by atoms with van der Waals surface area (Å²) >= 11 is 0. The Hall–Kier alpha value is -1.07. The maximum absolute atomic E-state index is 11.7. The molecular weight excluding hydrogens is 161 g/mol. The maximum atomic E-state index is 11.7. The van der Waals surface area contributed by atoms with Crippen molar-refractivity contribution < 1.29 is 17.6 Å². The summed E-state index contributed by atoms with van der Waals surface area (Å²) in [6, 6.07) is 0. The second-order valence-electron chi connectivity index (χ2n) is 1.85. The first-order chi connectivity index (χ1) is 5.04. The van der Waals surface area contributed by atoms with Gasteiger partial charge in [0, 0.05) is 6.42 Å². The van der Waals surface area contributed by atoms with Gasteiger partial charge in [0.05, 0.1) is 0 Å². The largest absolute Gasteiger partial charge is 0.470 e. The van der Waals surface area contributed by atoms with Crippen molar-refractivity contribution in [1.29, 1.82) is 0 Å². The molecule has 0 aliphatic rings. The lowest BCUT2D eigenvalue weighted by Crippen LogP contribution is -2.04. The molecule has 0 atom stereocenters. The van der Waals surface area contributed by atoms with Gasteiger partial charge in [0.1, 0.15) is 0 Å². The molecule has 0 amide bonds. The number of halogens is 3. The smallest absolute Gasteiger partial charge is 0.417 e. The maximum Gasteiger partial charge on any atom is 0.470 e. The summed E-state index contributed by atoms with van der Waals surface area (Å²) in [7, 11) is 0. The third kappa shape index (κ3) is 1.69. The predicted octanol–water partition coefficient (Wildman–Crippen LogP) is 1.65. The molecule has 0 bridgehead atoms. The topological polar surface area (TPSA) is 38.9 Å². The minimum absolute atomic E-state index is 0.00248. The van der Waals surface area contributed by atoms with E-state index in [2.05, 4.69) is 14.6 Å². The molecule has 3 nitrogen and oxygen atoms in total. The summed E-state index contributed by atoms with van der Waals surface area (Å²) in [5.41, 5.74) is 0. The van der Waals surface area contributed by atoms with E-state index in [1.807, 2.05) is 0 Å². The highest BCUT2D eigenvalue weighted by Crippen LogP contribution is 2.27. The van der Waals surface area contributed by atoms with Crippen LogP contribution >= 0.6 is 0 Å². The van der Waals surface area contributed by atoms with Gasteiger partial charge in [0.2, 0.25) is 5.89 Å². The Kier molecular flexibility index (Phi) is 1.84. The van der Waals surface area contributed by atoms with Gasteiger partial charge in [0.15, 0.2) is 0 Å². The number of alkyl halides is 3. The molecule has 1 heterocycles. The zero-order valence-electron chi connectivity index (χ0n) is 5.64. The van der Waals surface area contributed by atoms with E-state index < -0.39 is 12.1 Å². The Balaban J connectivity index is 2.89. The van der Waals surface area contributed by atoms with Gasteiger partial charge in [-0.2, -0.15) is 13.2 Å². The molecule has 1 aromatic heterocycles. The van der Waals surface area contributed by atoms with Crippen LogP contribution in [0.25, 0.3) is 0 Å². The van der Waals surface area contributed by atoms with Crippen molar-refractivity contribution in [3.8, 4) is 0 Å². The van der Waals surface area contributed by atoms with Gasteiger partial charge < -0.3 is 4.42 Å². The van der Waals surface area contributed by atoms with E-state index in [1.165, 1.54) is 0 Å². The first-order valence-corrected chi connectivity index (χ1v) is 2.93. The first kappa shape index (κ1) is 8.03. The fourth-order valence-electron chi connectivity index (χ4n) is 0.511. The average molecular weight is 166 g/mol. The van der Waals surface area contributed by atoms with Gasteiger partial charge in [-0.15, -0.1) is 10.2 Å². The number of nitrogens with zero attached hydrogens (tertiary/aromatic N) is 2. The Morgan fingerprint density at radius 1 is 1.36 bits per heavy atom. The highest BCUT2D eigenvalue weighted by atomic mass is 19.4. The SMILES string of the molecule is CCc1nnc(C(F)(F)F)o1. The Morgan fingerprint density at radius 3 is 2.27 bits per heavy atom. The molecule has 11 heavy (non-hydrogen) atoms. The molecular formula is C5H5F3N2O. The summed E-state index contributed by atoms with van der Waals surface area (Å²) in [5.74, 6) is -1.29. The summed E-state index contributed by atoms with van der Waals surface area (Å²) < 4.78 is 39.5. The molecule has 0 spiro atoms. The van der Waals surface area contributed by atoms with Crippen LogP contribution in [0.4, 0.5) is 13.2 Å². The fraction of sp³-hybridized carbons (Fsp3) is 0.600. The summed E-state index contributed by atoms with van der Waals surface area (Å²) in [5, 5.41) is 5.98. The van der Waals surface area contributed by atoms with Crippen molar-refractivity contribution in [2.24, 2.45) is 0 Å². The minimum atomic E-state index is -4.53. The zero-order chi connectivity index (χ0) is 8.48. The fourth-order valence-corrected chi connectivity index (χ4v) is 0.511. The van der Waals surface area contributed by atoms with Crippen molar-refractivity contribution in [3.05, 3.63) is 11.8 Å². The summed E-state index contributed by atoms with van der Waals surface area (Å²) in [4.78, 5) is 0. The standard InChI is InChI=1S/C5H5F3N2O/c1-2-3-9-10-4(11-3)5(6,7)8/h2H2,1H3. The number of aryl methyl sites for hydroxylation is 1. The van der Waals surface area contributed by atoms with Gasteiger partial charge >= 0.3 is 12.1 Å². The summed E-state index contributed by atoms with van der Waals surface area (Å²) in [6.45, 7) is 1.63. The number of aromatic nitrogens is 2. The van der Waals surface area contributed by atoms with Crippen LogP contribution in [0.1, 0.15) is 18.7 Å². The normalized spacial score (nSPS) is 12.0. The monoisotopic (exact) mass is 166 g/mol. The molecule has 0 aliphatic heterocycles. The highest BCUT2D eigenvalue weighted by Gasteiger charge is 2.37. The average Bonchev–Trinajstić information content (AvgIpc) is 2.32. The quantitative estimate of drug-likeness (QED) is 0.636. The minimum Gasteiger partial charge on any atom is -0.417 e. The number of hydrogen-bond donors (Lipinski definition) is 0. The van der Waals surface area contributed by atoms with Gasteiger partial charge in [-0.3, -0.25) is 0 Å². The van der Waals surface area contributed by atoms with Crippen LogP contribution in [-0.2, 0) is 12.6 Å². The molecule has 0 radical (unpaired) electrons. The first-order valence-electron chi connectivity index (χ1n) is 2.93. The van der Waals surface area contributed by atoms with Crippen LogP contribution < -0.4 is 0 Å². The third-order valence-electron chi connectivity index (χ3n) is 1.01. The molecule has 62 valence electrons. The van der Waals surface area contributed by atoms with Crippen molar-refractivity contribution >= 4 is 0 Å². The molecule has 1 rings (SSSR count). The number of rotatable bonds is 1. The van der Waals surface area contributed by atoms with E-state index in [1.54, 1.807) is 6.92 Å². The Morgan fingerprint density at radius 2 is 2.00 bits per heavy atom. The second kappa shape index (κ2) is 2.52. The van der Waals surface area contributed by atoms with Gasteiger partial charge in [-0.05, 0) is 0 Å². The number of hydrogen-bond acceptors (Lipinski definition) is 3. The van der Waals surface area contributed by atoms with E-state index in [0.29, 0.717) is 6.42 Å². The van der Waals surface area contributed by atoms with Crippen LogP contribution in [0.5, 0.6) is 0 Å². The van der Waals surface area contributed by atoms with Crippen molar-refractivity contribution in [2.75, 3.05) is 0 Å². The van der Waals surface area contributed by atoms with Crippen LogP contribution in [0.3, 0.4) is 0 Å². The van der Waals surface area contributed by atoms with Crippen LogP contribution in [-0.4, -0.2) is 10.2 Å². The molecule has 0 saturated carbocycles. The van der Waals surface area contributed by atoms with E-state index in [4.69, 9.17) is 0 Å². The summed E-state index contributed by atoms with van der Waals surface area (Å²) in [6.07, 6.45) is -4.22. The van der Waals surface area contributed by atoms with Gasteiger partial charge in [-0.1, -0.05) is 6.92 Å². The molecule has 0 N–H and O–H groups in total. The lowest BCUT2D eigenvalue weighted by Gasteiger charge is -1.96. The van der Waals surface area contributed by atoms with Crippen LogP contribution in [0, 0.1) is 0 Å². The lowest BCUT2D eigenvalue weighted by atomic mass is 10.5.